The topological polar surface area (TPSA) is 101 Å². The van der Waals surface area contributed by atoms with Gasteiger partial charge in [-0.25, -0.2) is 14.2 Å². The van der Waals surface area contributed by atoms with Crippen LogP contribution in [0, 0.1) is 0 Å². The van der Waals surface area contributed by atoms with E-state index in [0.29, 0.717) is 17.3 Å². The Bertz CT molecular complexity index is 598. The number of hydrogen-bond donors (Lipinski definition) is 2. The first-order valence-corrected chi connectivity index (χ1v) is 9.96. The van der Waals surface area contributed by atoms with Crippen LogP contribution in [0.4, 0.5) is 5.82 Å². The first-order valence-electron chi connectivity index (χ1n) is 8.22. The third-order valence-electron chi connectivity index (χ3n) is 3.56. The summed E-state index contributed by atoms with van der Waals surface area (Å²) >= 11 is 6.21. The molecule has 0 radical (unpaired) electrons. The van der Waals surface area contributed by atoms with Crippen molar-refractivity contribution in [3.63, 3.8) is 0 Å². The summed E-state index contributed by atoms with van der Waals surface area (Å²) in [4.78, 5) is 8.27. The summed E-state index contributed by atoms with van der Waals surface area (Å²) in [5.74, 6) is 0.680. The molecule has 0 bridgehead atoms. The van der Waals surface area contributed by atoms with Crippen LogP contribution < -0.4 is 5.32 Å². The molecule has 1 rings (SSSR count). The smallest absolute Gasteiger partial charge is 0.369 e. The van der Waals surface area contributed by atoms with Crippen LogP contribution in [0.5, 0.6) is 0 Å². The average Bonchev–Trinajstić information content (AvgIpc) is 2.49. The molecule has 0 aliphatic carbocycles. The predicted molar refractivity (Wildman–Crippen MR) is 94.7 cm³/mol. The molecule has 1 atom stereocenters. The lowest BCUT2D eigenvalue weighted by Crippen LogP contribution is -2.14. The maximum atomic E-state index is 10.5. The number of hydrogen-bond acceptors (Lipinski definition) is 6. The molecule has 2 N–H and O–H groups in total. The maximum Gasteiger partial charge on any atom is 0.397 e. The van der Waals surface area contributed by atoms with Gasteiger partial charge in [0, 0.05) is 6.54 Å². The van der Waals surface area contributed by atoms with E-state index in [2.05, 4.69) is 19.5 Å². The molecule has 1 heterocycles. The van der Waals surface area contributed by atoms with Crippen LogP contribution in [0.25, 0.3) is 0 Å². The highest BCUT2D eigenvalue weighted by atomic mass is 35.5. The van der Waals surface area contributed by atoms with Crippen molar-refractivity contribution >= 4 is 27.8 Å². The zero-order valence-corrected chi connectivity index (χ0v) is 15.7. The Morgan fingerprint density at radius 1 is 1.25 bits per heavy atom. The molecule has 0 amide bonds. The minimum absolute atomic E-state index is 0.491. The SMILES string of the molecule is CCc1ncnc(NCCCCCCCC(C)OS(=O)(=O)O)c1Cl. The van der Waals surface area contributed by atoms with Crippen LogP contribution in [0.3, 0.4) is 0 Å². The number of rotatable bonds is 12. The normalized spacial score (nSPS) is 13.0. The highest BCUT2D eigenvalue weighted by molar-refractivity contribution is 7.80. The Morgan fingerprint density at radius 2 is 1.92 bits per heavy atom. The Kier molecular flexibility index (Phi) is 9.50. The second kappa shape index (κ2) is 10.8. The average molecular weight is 380 g/mol. The summed E-state index contributed by atoms with van der Waals surface area (Å²) in [7, 11) is -4.34. The molecule has 1 aromatic heterocycles. The number of aryl methyl sites for hydroxylation is 1. The van der Waals surface area contributed by atoms with Crippen molar-refractivity contribution in [1.82, 2.24) is 9.97 Å². The van der Waals surface area contributed by atoms with E-state index in [4.69, 9.17) is 16.2 Å². The Morgan fingerprint density at radius 3 is 2.58 bits per heavy atom. The number of anilines is 1. The molecule has 0 spiro atoms. The predicted octanol–water partition coefficient (Wildman–Crippen LogP) is 3.65. The molecule has 0 aliphatic heterocycles. The highest BCUT2D eigenvalue weighted by Crippen LogP contribution is 2.22. The number of unbranched alkanes of at least 4 members (excludes halogenated alkanes) is 4. The number of nitrogens with one attached hydrogen (secondary N) is 1. The van der Waals surface area contributed by atoms with Gasteiger partial charge in [-0.2, -0.15) is 8.42 Å². The molecule has 0 aliphatic rings. The molecular formula is C15H26ClN3O4S. The van der Waals surface area contributed by atoms with Gasteiger partial charge in [-0.3, -0.25) is 4.55 Å². The van der Waals surface area contributed by atoms with Gasteiger partial charge in [0.05, 0.1) is 11.8 Å². The Balaban J connectivity index is 2.09. The molecule has 7 nitrogen and oxygen atoms in total. The van der Waals surface area contributed by atoms with Crippen molar-refractivity contribution < 1.29 is 17.2 Å². The van der Waals surface area contributed by atoms with Gasteiger partial charge < -0.3 is 5.32 Å². The summed E-state index contributed by atoms with van der Waals surface area (Å²) in [5.41, 5.74) is 0.843. The standard InChI is InChI=1S/C15H26ClN3O4S/c1-3-13-14(16)15(19-11-18-13)17-10-8-6-4-5-7-9-12(2)23-24(20,21)22/h11-12H,3-10H2,1-2H3,(H,17,18,19)(H,20,21,22). The first kappa shape index (κ1) is 21.1. The third-order valence-corrected chi connectivity index (χ3v) is 4.53. The largest absolute Gasteiger partial charge is 0.397 e. The molecule has 138 valence electrons. The molecule has 0 aromatic carbocycles. The van der Waals surface area contributed by atoms with Crippen molar-refractivity contribution in [3.8, 4) is 0 Å². The summed E-state index contributed by atoms with van der Waals surface area (Å²) in [5, 5.41) is 3.82. The molecule has 1 aromatic rings. The molecule has 1 unspecified atom stereocenters. The molecule has 0 saturated carbocycles. The van der Waals surface area contributed by atoms with Crippen LogP contribution in [0.2, 0.25) is 5.02 Å². The van der Waals surface area contributed by atoms with Gasteiger partial charge in [0.1, 0.15) is 17.2 Å². The van der Waals surface area contributed by atoms with Gasteiger partial charge in [0.25, 0.3) is 0 Å². The fourth-order valence-electron chi connectivity index (χ4n) is 2.33. The molecular weight excluding hydrogens is 354 g/mol. The van der Waals surface area contributed by atoms with Crippen molar-refractivity contribution in [2.75, 3.05) is 11.9 Å². The number of aromatic nitrogens is 2. The van der Waals surface area contributed by atoms with E-state index < -0.39 is 16.5 Å². The summed E-state index contributed by atoms with van der Waals surface area (Å²) in [6.45, 7) is 4.43. The molecule has 24 heavy (non-hydrogen) atoms. The second-order valence-electron chi connectivity index (χ2n) is 5.65. The van der Waals surface area contributed by atoms with Gasteiger partial charge in [-0.1, -0.05) is 44.2 Å². The summed E-state index contributed by atoms with van der Waals surface area (Å²) < 4.78 is 34.1. The lowest BCUT2D eigenvalue weighted by molar-refractivity contribution is 0.185. The van der Waals surface area contributed by atoms with Crippen molar-refractivity contribution in [2.45, 2.75) is 64.9 Å². The van der Waals surface area contributed by atoms with Gasteiger partial charge >= 0.3 is 10.4 Å². The van der Waals surface area contributed by atoms with Crippen molar-refractivity contribution in [1.29, 1.82) is 0 Å². The quantitative estimate of drug-likeness (QED) is 0.422. The first-order chi connectivity index (χ1) is 11.3. The zero-order valence-electron chi connectivity index (χ0n) is 14.2. The minimum Gasteiger partial charge on any atom is -0.369 e. The van der Waals surface area contributed by atoms with E-state index in [1.807, 2.05) is 6.92 Å². The lowest BCUT2D eigenvalue weighted by Gasteiger charge is -2.10. The second-order valence-corrected chi connectivity index (χ2v) is 7.08. The van der Waals surface area contributed by atoms with Gasteiger partial charge in [-0.15, -0.1) is 0 Å². The van der Waals surface area contributed by atoms with Crippen LogP contribution in [0.1, 0.15) is 58.1 Å². The molecule has 0 saturated heterocycles. The van der Waals surface area contributed by atoms with Crippen LogP contribution in [-0.4, -0.2) is 35.6 Å². The van der Waals surface area contributed by atoms with E-state index in [1.54, 1.807) is 6.92 Å². The van der Waals surface area contributed by atoms with Gasteiger partial charge in [-0.05, 0) is 26.2 Å². The van der Waals surface area contributed by atoms with E-state index in [-0.39, 0.29) is 0 Å². The van der Waals surface area contributed by atoms with E-state index in [9.17, 15) is 8.42 Å². The summed E-state index contributed by atoms with van der Waals surface area (Å²) in [6.07, 6.45) is 7.37. The maximum absolute atomic E-state index is 10.5. The molecule has 9 heteroatoms. The zero-order chi connectivity index (χ0) is 18.0. The fourth-order valence-corrected chi connectivity index (χ4v) is 3.14. The summed E-state index contributed by atoms with van der Waals surface area (Å²) in [6, 6.07) is 0. The highest BCUT2D eigenvalue weighted by Gasteiger charge is 2.11. The van der Waals surface area contributed by atoms with Crippen LogP contribution >= 0.6 is 11.6 Å². The number of nitrogens with zero attached hydrogens (tertiary/aromatic N) is 2. The van der Waals surface area contributed by atoms with Crippen molar-refractivity contribution in [2.24, 2.45) is 0 Å². The van der Waals surface area contributed by atoms with E-state index in [0.717, 1.165) is 50.8 Å². The molecule has 0 fully saturated rings. The third kappa shape index (κ3) is 8.77. The minimum atomic E-state index is -4.34. The Labute approximate surface area is 149 Å². The van der Waals surface area contributed by atoms with Gasteiger partial charge in [0.2, 0.25) is 0 Å². The lowest BCUT2D eigenvalue weighted by atomic mass is 10.1. The monoisotopic (exact) mass is 379 g/mol. The van der Waals surface area contributed by atoms with Gasteiger partial charge in [0.15, 0.2) is 0 Å². The van der Waals surface area contributed by atoms with Crippen LogP contribution in [-0.2, 0) is 21.0 Å². The van der Waals surface area contributed by atoms with Crippen LogP contribution in [0.15, 0.2) is 6.33 Å². The number of halogens is 1. The Hall–Kier alpha value is -0.960. The van der Waals surface area contributed by atoms with E-state index in [1.165, 1.54) is 6.33 Å². The van der Waals surface area contributed by atoms with Crippen molar-refractivity contribution in [3.05, 3.63) is 17.0 Å². The van der Waals surface area contributed by atoms with E-state index >= 15 is 0 Å². The fraction of sp³-hybridized carbons (Fsp3) is 0.733.